The molecule has 3 rings (SSSR count). The Kier molecular flexibility index (Phi) is 3.36. The summed E-state index contributed by atoms with van der Waals surface area (Å²) >= 11 is 9.70. The molecule has 100 valence electrons. The van der Waals surface area contributed by atoms with Crippen molar-refractivity contribution in [3.05, 3.63) is 62.4 Å². The van der Waals surface area contributed by atoms with Crippen LogP contribution in [-0.2, 0) is 7.05 Å². The summed E-state index contributed by atoms with van der Waals surface area (Å²) in [7, 11) is 1.69. The van der Waals surface area contributed by atoms with Crippen molar-refractivity contribution in [2.24, 2.45) is 7.05 Å². The first-order chi connectivity index (χ1) is 9.58. The first kappa shape index (κ1) is 13.3. The zero-order valence-corrected chi connectivity index (χ0v) is 12.9. The van der Waals surface area contributed by atoms with Crippen LogP contribution in [0.5, 0.6) is 0 Å². The summed E-state index contributed by atoms with van der Waals surface area (Å²) in [6.07, 6.45) is 0. The van der Waals surface area contributed by atoms with Crippen molar-refractivity contribution in [2.75, 3.05) is 0 Å². The number of halogens is 2. The number of rotatable bonds is 1. The molecule has 1 heterocycles. The molecule has 3 nitrogen and oxygen atoms in total. The first-order valence-electron chi connectivity index (χ1n) is 5.99. The van der Waals surface area contributed by atoms with Crippen molar-refractivity contribution in [2.45, 2.75) is 0 Å². The van der Waals surface area contributed by atoms with Crippen LogP contribution < -0.4 is 5.69 Å². The molecule has 0 aliphatic carbocycles. The van der Waals surface area contributed by atoms with Gasteiger partial charge in [0.1, 0.15) is 0 Å². The molecular formula is C15H10BrClN2O. The van der Waals surface area contributed by atoms with Crippen molar-refractivity contribution >= 4 is 38.4 Å². The Balaban J connectivity index is 2.44. The van der Waals surface area contributed by atoms with Crippen molar-refractivity contribution in [3.8, 4) is 11.3 Å². The molecule has 0 aliphatic heterocycles. The van der Waals surface area contributed by atoms with Gasteiger partial charge in [-0.2, -0.15) is 4.98 Å². The monoisotopic (exact) mass is 348 g/mol. The Morgan fingerprint density at radius 3 is 2.55 bits per heavy atom. The molecule has 1 aromatic heterocycles. The van der Waals surface area contributed by atoms with Crippen LogP contribution in [-0.4, -0.2) is 9.55 Å². The van der Waals surface area contributed by atoms with Crippen LogP contribution in [0.25, 0.3) is 22.2 Å². The highest BCUT2D eigenvalue weighted by atomic mass is 79.9. The SMILES string of the molecule is Cn1c(=O)nc(-c2ccc(Br)cc2)c2c(Cl)cccc21. The minimum absolute atomic E-state index is 0.294. The minimum atomic E-state index is -0.294. The molecule has 0 amide bonds. The quantitative estimate of drug-likeness (QED) is 0.665. The van der Waals surface area contributed by atoms with E-state index in [2.05, 4.69) is 20.9 Å². The maximum Gasteiger partial charge on any atom is 0.348 e. The van der Waals surface area contributed by atoms with Gasteiger partial charge in [-0.15, -0.1) is 0 Å². The smallest absolute Gasteiger partial charge is 0.295 e. The van der Waals surface area contributed by atoms with E-state index in [-0.39, 0.29) is 5.69 Å². The molecule has 0 radical (unpaired) electrons. The summed E-state index contributed by atoms with van der Waals surface area (Å²) in [5.74, 6) is 0. The zero-order valence-electron chi connectivity index (χ0n) is 10.6. The molecule has 0 saturated heterocycles. The second-order valence-corrected chi connectivity index (χ2v) is 5.77. The van der Waals surface area contributed by atoms with Crippen LogP contribution in [0.3, 0.4) is 0 Å². The van der Waals surface area contributed by atoms with Crippen LogP contribution in [0.1, 0.15) is 0 Å². The van der Waals surface area contributed by atoms with E-state index in [1.54, 1.807) is 13.1 Å². The van der Waals surface area contributed by atoms with Gasteiger partial charge in [0, 0.05) is 22.5 Å². The van der Waals surface area contributed by atoms with E-state index < -0.39 is 0 Å². The number of benzene rings is 2. The van der Waals surface area contributed by atoms with E-state index in [0.29, 0.717) is 10.7 Å². The fraction of sp³-hybridized carbons (Fsp3) is 0.0667. The highest BCUT2D eigenvalue weighted by molar-refractivity contribution is 9.10. The van der Waals surface area contributed by atoms with Crippen LogP contribution in [0.15, 0.2) is 51.7 Å². The highest BCUT2D eigenvalue weighted by Gasteiger charge is 2.12. The standard InChI is InChI=1S/C15H10BrClN2O/c1-19-12-4-2-3-11(17)13(12)14(18-15(19)20)9-5-7-10(16)8-6-9/h2-8H,1H3. The third-order valence-electron chi connectivity index (χ3n) is 3.20. The lowest BCUT2D eigenvalue weighted by atomic mass is 10.1. The maximum atomic E-state index is 12.0. The molecule has 0 fully saturated rings. The fourth-order valence-electron chi connectivity index (χ4n) is 2.17. The fourth-order valence-corrected chi connectivity index (χ4v) is 2.70. The van der Waals surface area contributed by atoms with Crippen molar-refractivity contribution < 1.29 is 0 Å². The molecule has 20 heavy (non-hydrogen) atoms. The van der Waals surface area contributed by atoms with Crippen molar-refractivity contribution in [1.29, 1.82) is 0 Å². The average molecular weight is 350 g/mol. The second-order valence-electron chi connectivity index (χ2n) is 4.44. The van der Waals surface area contributed by atoms with Crippen molar-refractivity contribution in [3.63, 3.8) is 0 Å². The topological polar surface area (TPSA) is 34.9 Å². The summed E-state index contributed by atoms with van der Waals surface area (Å²) in [5, 5.41) is 1.38. The van der Waals surface area contributed by atoms with Gasteiger partial charge in [0.2, 0.25) is 0 Å². The van der Waals surface area contributed by atoms with Gasteiger partial charge >= 0.3 is 5.69 Å². The summed E-state index contributed by atoms with van der Waals surface area (Å²) in [5.41, 5.74) is 1.96. The molecule has 0 bridgehead atoms. The lowest BCUT2D eigenvalue weighted by Crippen LogP contribution is -2.21. The van der Waals surface area contributed by atoms with E-state index in [1.807, 2.05) is 36.4 Å². The third-order valence-corrected chi connectivity index (χ3v) is 4.05. The zero-order chi connectivity index (χ0) is 14.3. The summed E-state index contributed by atoms with van der Waals surface area (Å²) in [4.78, 5) is 16.2. The molecule has 0 N–H and O–H groups in total. The summed E-state index contributed by atoms with van der Waals surface area (Å²) < 4.78 is 2.48. The lowest BCUT2D eigenvalue weighted by molar-refractivity contribution is 0.855. The van der Waals surface area contributed by atoms with Crippen LogP contribution in [0.2, 0.25) is 5.02 Å². The van der Waals surface area contributed by atoms with Gasteiger partial charge in [0.25, 0.3) is 0 Å². The van der Waals surface area contributed by atoms with Gasteiger partial charge in [0.15, 0.2) is 0 Å². The number of aryl methyl sites for hydroxylation is 1. The molecule has 5 heteroatoms. The second kappa shape index (κ2) is 5.04. The Morgan fingerprint density at radius 2 is 1.85 bits per heavy atom. The van der Waals surface area contributed by atoms with Crippen molar-refractivity contribution in [1.82, 2.24) is 9.55 Å². The minimum Gasteiger partial charge on any atom is -0.295 e. The maximum absolute atomic E-state index is 12.0. The van der Waals surface area contributed by atoms with Gasteiger partial charge in [-0.3, -0.25) is 4.57 Å². The average Bonchev–Trinajstić information content (AvgIpc) is 2.44. The van der Waals surface area contributed by atoms with Gasteiger partial charge in [-0.1, -0.05) is 45.7 Å². The van der Waals surface area contributed by atoms with Crippen LogP contribution in [0.4, 0.5) is 0 Å². The molecule has 0 unspecified atom stereocenters. The third kappa shape index (κ3) is 2.15. The Hall–Kier alpha value is -1.65. The van der Waals surface area contributed by atoms with Gasteiger partial charge < -0.3 is 0 Å². The van der Waals surface area contributed by atoms with E-state index >= 15 is 0 Å². The number of hydrogen-bond donors (Lipinski definition) is 0. The molecule has 0 atom stereocenters. The normalized spacial score (nSPS) is 10.9. The molecule has 0 saturated carbocycles. The van der Waals surface area contributed by atoms with Gasteiger partial charge in [-0.25, -0.2) is 4.79 Å². The van der Waals surface area contributed by atoms with E-state index in [4.69, 9.17) is 11.6 Å². The Morgan fingerprint density at radius 1 is 1.15 bits per heavy atom. The molecule has 0 aliphatic rings. The van der Waals surface area contributed by atoms with Crippen LogP contribution >= 0.6 is 27.5 Å². The molecule has 3 aromatic rings. The summed E-state index contributed by atoms with van der Waals surface area (Å²) in [6, 6.07) is 13.2. The largest absolute Gasteiger partial charge is 0.348 e. The van der Waals surface area contributed by atoms with E-state index in [1.165, 1.54) is 4.57 Å². The van der Waals surface area contributed by atoms with E-state index in [0.717, 1.165) is 20.9 Å². The number of fused-ring (bicyclic) bond motifs is 1. The lowest BCUT2D eigenvalue weighted by Gasteiger charge is -2.10. The van der Waals surface area contributed by atoms with E-state index in [9.17, 15) is 4.79 Å². The van der Waals surface area contributed by atoms with Gasteiger partial charge in [0.05, 0.1) is 16.2 Å². The number of nitrogens with zero attached hydrogens (tertiary/aromatic N) is 2. The highest BCUT2D eigenvalue weighted by Crippen LogP contribution is 2.31. The first-order valence-corrected chi connectivity index (χ1v) is 7.16. The molecule has 0 spiro atoms. The summed E-state index contributed by atoms with van der Waals surface area (Å²) in [6.45, 7) is 0. The predicted molar refractivity (Wildman–Crippen MR) is 85.1 cm³/mol. The van der Waals surface area contributed by atoms with Gasteiger partial charge in [-0.05, 0) is 24.3 Å². The number of hydrogen-bond acceptors (Lipinski definition) is 2. The Labute approximate surface area is 129 Å². The van der Waals surface area contributed by atoms with Crippen LogP contribution in [0, 0.1) is 0 Å². The predicted octanol–water partition coefficient (Wildman–Crippen LogP) is 4.02. The molecular weight excluding hydrogens is 340 g/mol. The Bertz CT molecular complexity index is 856. The molecule has 2 aromatic carbocycles. The number of aromatic nitrogens is 2.